The van der Waals surface area contributed by atoms with Crippen molar-refractivity contribution >= 4 is 17.0 Å². The molecule has 1 aromatic carbocycles. The van der Waals surface area contributed by atoms with Gasteiger partial charge in [-0.2, -0.15) is 5.10 Å². The Morgan fingerprint density at radius 1 is 1.30 bits per heavy atom. The Balaban J connectivity index is 1.64. The van der Waals surface area contributed by atoms with Gasteiger partial charge in [0.15, 0.2) is 5.58 Å². The van der Waals surface area contributed by atoms with Crippen LogP contribution >= 0.6 is 0 Å². The van der Waals surface area contributed by atoms with Crippen molar-refractivity contribution < 1.29 is 9.21 Å². The number of rotatable bonds is 4. The molecule has 0 unspecified atom stereocenters. The molecule has 8 heteroatoms. The highest BCUT2D eigenvalue weighted by atomic mass is 16.4. The van der Waals surface area contributed by atoms with Gasteiger partial charge in [-0.15, -0.1) is 0 Å². The lowest BCUT2D eigenvalue weighted by molar-refractivity contribution is 0.0948. The molecule has 3 aromatic rings. The maximum absolute atomic E-state index is 11.8. The lowest BCUT2D eigenvalue weighted by Gasteiger charge is -2.04. The number of hydrogen-bond donors (Lipinski definition) is 2. The average Bonchev–Trinajstić information content (AvgIpc) is 2.82. The highest BCUT2D eigenvalue weighted by Crippen LogP contribution is 2.14. The molecular weight excluding hydrogens is 300 g/mol. The molecule has 1 amide bonds. The molecule has 2 N–H and O–H groups in total. The summed E-state index contributed by atoms with van der Waals surface area (Å²) in [6.07, 6.45) is 0.573. The fourth-order valence-electron chi connectivity index (χ4n) is 2.22. The van der Waals surface area contributed by atoms with E-state index in [1.165, 1.54) is 16.7 Å². The van der Waals surface area contributed by atoms with Crippen molar-refractivity contribution in [3.05, 3.63) is 62.5 Å². The molecule has 23 heavy (non-hydrogen) atoms. The maximum atomic E-state index is 11.8. The first kappa shape index (κ1) is 14.8. The molecule has 0 aliphatic heterocycles. The van der Waals surface area contributed by atoms with Crippen LogP contribution in [0.15, 0.2) is 44.3 Å². The van der Waals surface area contributed by atoms with E-state index >= 15 is 0 Å². The number of hydrogen-bond acceptors (Lipinski definition) is 5. The number of aromatic amines is 1. The first-order valence-corrected chi connectivity index (χ1v) is 6.97. The number of nitrogens with one attached hydrogen (secondary N) is 2. The van der Waals surface area contributed by atoms with Gasteiger partial charge >= 0.3 is 5.76 Å². The average molecular weight is 314 g/mol. The Bertz CT molecular complexity index is 963. The van der Waals surface area contributed by atoms with Gasteiger partial charge < -0.3 is 9.73 Å². The Kier molecular flexibility index (Phi) is 3.80. The van der Waals surface area contributed by atoms with Crippen LogP contribution in [0.4, 0.5) is 0 Å². The zero-order valence-electron chi connectivity index (χ0n) is 12.3. The SMILES string of the molecule is Cn1c(=O)oc2cc(CCNC(=O)c3ccc(=O)[nH]n3)ccc21. The Hall–Kier alpha value is -3.16. The van der Waals surface area contributed by atoms with Crippen molar-refractivity contribution in [3.8, 4) is 0 Å². The van der Waals surface area contributed by atoms with Crippen molar-refractivity contribution in [2.45, 2.75) is 6.42 Å². The van der Waals surface area contributed by atoms with E-state index in [-0.39, 0.29) is 17.2 Å². The fourth-order valence-corrected chi connectivity index (χ4v) is 2.22. The molecule has 3 rings (SSSR count). The van der Waals surface area contributed by atoms with Gasteiger partial charge in [-0.25, -0.2) is 9.89 Å². The molecule has 0 saturated carbocycles. The normalized spacial score (nSPS) is 10.8. The van der Waals surface area contributed by atoms with Gasteiger partial charge in [-0.05, 0) is 30.2 Å². The molecule has 2 heterocycles. The first-order chi connectivity index (χ1) is 11.0. The largest absolute Gasteiger partial charge is 0.419 e. The van der Waals surface area contributed by atoms with Crippen LogP contribution in [0, 0.1) is 0 Å². The van der Waals surface area contributed by atoms with Gasteiger partial charge in [-0.1, -0.05) is 6.07 Å². The van der Waals surface area contributed by atoms with Crippen LogP contribution in [0.25, 0.3) is 11.1 Å². The van der Waals surface area contributed by atoms with Crippen LogP contribution in [0.2, 0.25) is 0 Å². The Morgan fingerprint density at radius 3 is 2.87 bits per heavy atom. The number of oxazole rings is 1. The van der Waals surface area contributed by atoms with Crippen molar-refractivity contribution in [3.63, 3.8) is 0 Å². The summed E-state index contributed by atoms with van der Waals surface area (Å²) >= 11 is 0. The minimum atomic E-state index is -0.408. The summed E-state index contributed by atoms with van der Waals surface area (Å²) in [7, 11) is 1.64. The minimum absolute atomic E-state index is 0.147. The molecule has 0 bridgehead atoms. The molecule has 0 spiro atoms. The van der Waals surface area contributed by atoms with Crippen molar-refractivity contribution in [2.75, 3.05) is 6.54 Å². The second-order valence-electron chi connectivity index (χ2n) is 5.04. The number of fused-ring (bicyclic) bond motifs is 1. The number of carbonyl (C=O) groups excluding carboxylic acids is 1. The monoisotopic (exact) mass is 314 g/mol. The van der Waals surface area contributed by atoms with E-state index in [2.05, 4.69) is 15.5 Å². The first-order valence-electron chi connectivity index (χ1n) is 6.97. The number of benzene rings is 1. The van der Waals surface area contributed by atoms with Gasteiger partial charge in [0.25, 0.3) is 11.5 Å². The van der Waals surface area contributed by atoms with Crippen LogP contribution in [-0.4, -0.2) is 27.2 Å². The van der Waals surface area contributed by atoms with Crippen LogP contribution in [0.3, 0.4) is 0 Å². The number of amides is 1. The zero-order valence-corrected chi connectivity index (χ0v) is 12.3. The van der Waals surface area contributed by atoms with E-state index in [9.17, 15) is 14.4 Å². The number of carbonyl (C=O) groups is 1. The highest BCUT2D eigenvalue weighted by molar-refractivity contribution is 5.91. The standard InChI is InChI=1S/C15H14N4O4/c1-19-11-4-2-9(8-12(11)23-15(19)22)6-7-16-14(21)10-3-5-13(20)18-17-10/h2-5,8H,6-7H2,1H3,(H,16,21)(H,18,20). The van der Waals surface area contributed by atoms with Crippen LogP contribution in [0.1, 0.15) is 16.1 Å². The molecule has 0 radical (unpaired) electrons. The molecular formula is C15H14N4O4. The summed E-state index contributed by atoms with van der Waals surface area (Å²) < 4.78 is 6.56. The summed E-state index contributed by atoms with van der Waals surface area (Å²) in [5, 5.41) is 8.57. The van der Waals surface area contributed by atoms with E-state index in [1.54, 1.807) is 19.2 Å². The molecule has 0 aliphatic carbocycles. The lowest BCUT2D eigenvalue weighted by Crippen LogP contribution is -2.27. The Morgan fingerprint density at radius 2 is 2.13 bits per heavy atom. The number of aromatic nitrogens is 3. The van der Waals surface area contributed by atoms with E-state index in [4.69, 9.17) is 4.42 Å². The van der Waals surface area contributed by atoms with E-state index in [0.29, 0.717) is 18.5 Å². The smallest absolute Gasteiger partial charge is 0.408 e. The van der Waals surface area contributed by atoms with E-state index in [0.717, 1.165) is 11.1 Å². The zero-order chi connectivity index (χ0) is 16.4. The van der Waals surface area contributed by atoms with Gasteiger partial charge in [-0.3, -0.25) is 14.2 Å². The molecule has 0 atom stereocenters. The van der Waals surface area contributed by atoms with Gasteiger partial charge in [0.1, 0.15) is 5.69 Å². The molecule has 0 saturated heterocycles. The number of aryl methyl sites for hydroxylation is 1. The van der Waals surface area contributed by atoms with Crippen molar-refractivity contribution in [1.29, 1.82) is 0 Å². The van der Waals surface area contributed by atoms with Crippen molar-refractivity contribution in [1.82, 2.24) is 20.1 Å². The quantitative estimate of drug-likeness (QED) is 0.714. The minimum Gasteiger partial charge on any atom is -0.408 e. The third kappa shape index (κ3) is 3.05. The maximum Gasteiger partial charge on any atom is 0.419 e. The summed E-state index contributed by atoms with van der Waals surface area (Å²) in [5.74, 6) is -0.775. The number of H-pyrrole nitrogens is 1. The lowest BCUT2D eigenvalue weighted by atomic mass is 10.1. The summed E-state index contributed by atoms with van der Waals surface area (Å²) in [6.45, 7) is 0.391. The van der Waals surface area contributed by atoms with E-state index < -0.39 is 5.76 Å². The molecule has 0 fully saturated rings. The topological polar surface area (TPSA) is 110 Å². The second kappa shape index (κ2) is 5.91. The third-order valence-electron chi connectivity index (χ3n) is 3.47. The molecule has 2 aromatic heterocycles. The number of nitrogens with zero attached hydrogens (tertiary/aromatic N) is 2. The van der Waals surface area contributed by atoms with Crippen LogP contribution in [-0.2, 0) is 13.5 Å². The van der Waals surface area contributed by atoms with Gasteiger partial charge in [0.05, 0.1) is 5.52 Å². The predicted molar refractivity (Wildman–Crippen MR) is 82.3 cm³/mol. The van der Waals surface area contributed by atoms with Crippen molar-refractivity contribution in [2.24, 2.45) is 7.05 Å². The third-order valence-corrected chi connectivity index (χ3v) is 3.47. The Labute approximate surface area is 129 Å². The molecule has 118 valence electrons. The summed E-state index contributed by atoms with van der Waals surface area (Å²) in [5.41, 5.74) is 1.96. The predicted octanol–water partition coefficient (Wildman–Crippen LogP) is 0.187. The fraction of sp³-hybridized carbons (Fsp3) is 0.200. The summed E-state index contributed by atoms with van der Waals surface area (Å²) in [4.78, 5) is 34.2. The van der Waals surface area contributed by atoms with E-state index in [1.807, 2.05) is 6.07 Å². The van der Waals surface area contributed by atoms with Crippen LogP contribution in [0.5, 0.6) is 0 Å². The highest BCUT2D eigenvalue weighted by Gasteiger charge is 2.08. The van der Waals surface area contributed by atoms with Gasteiger partial charge in [0.2, 0.25) is 0 Å². The molecule has 0 aliphatic rings. The second-order valence-corrected chi connectivity index (χ2v) is 5.04. The van der Waals surface area contributed by atoms with Gasteiger partial charge in [0, 0.05) is 19.7 Å². The molecule has 8 nitrogen and oxygen atoms in total. The van der Waals surface area contributed by atoms with Crippen LogP contribution < -0.4 is 16.6 Å². The summed E-state index contributed by atoms with van der Waals surface area (Å²) in [6, 6.07) is 8.07.